The molecule has 0 amide bonds. The Balaban J connectivity index is 3.02. The summed E-state index contributed by atoms with van der Waals surface area (Å²) < 4.78 is 4.98. The highest BCUT2D eigenvalue weighted by molar-refractivity contribution is 6.58. The van der Waals surface area contributed by atoms with Crippen molar-refractivity contribution < 1.29 is 4.74 Å². The minimum atomic E-state index is -1.72. The Morgan fingerprint density at radius 2 is 1.93 bits per heavy atom. The molecule has 1 aromatic rings. The van der Waals surface area contributed by atoms with Crippen LogP contribution in [-0.2, 0) is 0 Å². The molecule has 0 aliphatic carbocycles. The van der Waals surface area contributed by atoms with Crippen molar-refractivity contribution in [1.29, 1.82) is 0 Å². The summed E-state index contributed by atoms with van der Waals surface area (Å²) in [5, 5.41) is -1.72. The van der Waals surface area contributed by atoms with Gasteiger partial charge < -0.3 is 10.5 Å². The standard InChI is InChI=1S/C8H9B3N2O/c1-4-3-6(14-8(9,10)11)13-5(2)7(4)12/h3H,12H2,1-2H3. The number of ether oxygens (including phenoxy) is 1. The number of pyridine rings is 1. The largest absolute Gasteiger partial charge is 0.501 e. The van der Waals surface area contributed by atoms with Crippen LogP contribution in [0.5, 0.6) is 5.88 Å². The third-order valence-corrected chi connectivity index (χ3v) is 1.71. The van der Waals surface area contributed by atoms with E-state index in [4.69, 9.17) is 34.0 Å². The number of hydrogen-bond acceptors (Lipinski definition) is 3. The third-order valence-electron chi connectivity index (χ3n) is 1.71. The molecular formula is C8H9B3N2O. The minimum Gasteiger partial charge on any atom is -0.501 e. The fourth-order valence-electron chi connectivity index (χ4n) is 1.04. The molecule has 0 saturated carbocycles. The highest BCUT2D eigenvalue weighted by atomic mass is 16.5. The summed E-state index contributed by atoms with van der Waals surface area (Å²) in [6.07, 6.45) is 0. The van der Waals surface area contributed by atoms with Gasteiger partial charge in [-0.2, -0.15) is 0 Å². The van der Waals surface area contributed by atoms with Crippen LogP contribution in [0.1, 0.15) is 11.3 Å². The van der Waals surface area contributed by atoms with E-state index in [2.05, 4.69) is 4.98 Å². The van der Waals surface area contributed by atoms with Crippen LogP contribution in [0.3, 0.4) is 0 Å². The number of nitrogen functional groups attached to an aromatic ring is 1. The SMILES string of the molecule is [B]C([B])([B])Oc1cc(C)c(N)c(C)n1. The molecule has 0 aliphatic rings. The van der Waals surface area contributed by atoms with Crippen molar-refractivity contribution >= 4 is 29.2 Å². The zero-order valence-corrected chi connectivity index (χ0v) is 8.24. The van der Waals surface area contributed by atoms with Gasteiger partial charge in [-0.3, -0.25) is 0 Å². The summed E-state index contributed by atoms with van der Waals surface area (Å²) in [7, 11) is 15.8. The lowest BCUT2D eigenvalue weighted by Crippen LogP contribution is -2.37. The number of aryl methyl sites for hydroxylation is 2. The average Bonchev–Trinajstić information content (AvgIpc) is 1.96. The third kappa shape index (κ3) is 2.72. The molecule has 0 saturated heterocycles. The van der Waals surface area contributed by atoms with Crippen LogP contribution in [-0.4, -0.2) is 33.8 Å². The Morgan fingerprint density at radius 1 is 1.36 bits per heavy atom. The molecule has 2 N–H and O–H groups in total. The number of hydrogen-bond donors (Lipinski definition) is 1. The zero-order chi connectivity index (χ0) is 10.9. The van der Waals surface area contributed by atoms with Crippen LogP contribution in [0.25, 0.3) is 0 Å². The summed E-state index contributed by atoms with van der Waals surface area (Å²) in [6, 6.07) is 1.63. The number of nitrogens with zero attached hydrogens (tertiary/aromatic N) is 1. The van der Waals surface area contributed by atoms with Gasteiger partial charge in [0, 0.05) is 6.07 Å². The number of rotatable bonds is 2. The van der Waals surface area contributed by atoms with Crippen LogP contribution < -0.4 is 10.5 Å². The first kappa shape index (κ1) is 11.0. The molecule has 14 heavy (non-hydrogen) atoms. The van der Waals surface area contributed by atoms with E-state index in [1.807, 2.05) is 6.92 Å². The molecule has 0 aromatic carbocycles. The van der Waals surface area contributed by atoms with Gasteiger partial charge in [-0.15, -0.1) is 0 Å². The predicted octanol–water partition coefficient (Wildman–Crippen LogP) is -0.224. The first-order valence-corrected chi connectivity index (χ1v) is 4.09. The van der Waals surface area contributed by atoms with Gasteiger partial charge in [0.05, 0.1) is 11.4 Å². The summed E-state index contributed by atoms with van der Waals surface area (Å²) >= 11 is 0. The molecule has 0 atom stereocenters. The topological polar surface area (TPSA) is 48.1 Å². The summed E-state index contributed by atoms with van der Waals surface area (Å²) in [6.45, 7) is 3.60. The van der Waals surface area contributed by atoms with Crippen LogP contribution >= 0.6 is 0 Å². The van der Waals surface area contributed by atoms with E-state index in [1.165, 1.54) is 0 Å². The molecule has 66 valence electrons. The van der Waals surface area contributed by atoms with E-state index < -0.39 is 5.30 Å². The maximum Gasteiger partial charge on any atom is 0.212 e. The minimum absolute atomic E-state index is 0.265. The second-order valence-corrected chi connectivity index (χ2v) is 3.23. The number of nitrogens with two attached hydrogens (primary N) is 1. The van der Waals surface area contributed by atoms with E-state index in [0.717, 1.165) is 5.56 Å². The van der Waals surface area contributed by atoms with Crippen LogP contribution in [0, 0.1) is 13.8 Å². The Morgan fingerprint density at radius 3 is 2.36 bits per heavy atom. The molecular weight excluding hydrogens is 173 g/mol. The predicted molar refractivity (Wildman–Crippen MR) is 58.7 cm³/mol. The summed E-state index contributed by atoms with van der Waals surface area (Å²) in [4.78, 5) is 4.03. The fourth-order valence-corrected chi connectivity index (χ4v) is 1.04. The van der Waals surface area contributed by atoms with Crippen LogP contribution in [0.4, 0.5) is 5.69 Å². The van der Waals surface area contributed by atoms with Gasteiger partial charge in [-0.1, -0.05) is 0 Å². The van der Waals surface area contributed by atoms with Gasteiger partial charge in [-0.25, -0.2) is 4.98 Å². The van der Waals surface area contributed by atoms with Crippen molar-refractivity contribution in [3.63, 3.8) is 0 Å². The second-order valence-electron chi connectivity index (χ2n) is 3.23. The lowest BCUT2D eigenvalue weighted by molar-refractivity contribution is 0.305. The molecule has 1 rings (SSSR count). The van der Waals surface area contributed by atoms with Crippen molar-refractivity contribution in [3.8, 4) is 5.88 Å². The normalized spacial score (nSPS) is 11.3. The van der Waals surface area contributed by atoms with Crippen molar-refractivity contribution in [3.05, 3.63) is 17.3 Å². The summed E-state index contributed by atoms with van der Waals surface area (Å²) in [5.74, 6) is 0.265. The first-order chi connectivity index (χ1) is 6.29. The molecule has 0 aliphatic heterocycles. The van der Waals surface area contributed by atoms with Gasteiger partial charge in [0.15, 0.2) is 0 Å². The van der Waals surface area contributed by atoms with Gasteiger partial charge in [0.2, 0.25) is 5.88 Å². The van der Waals surface area contributed by atoms with Crippen molar-refractivity contribution in [2.24, 2.45) is 0 Å². The van der Waals surface area contributed by atoms with Gasteiger partial charge in [0.1, 0.15) is 23.5 Å². The quantitative estimate of drug-likeness (QED) is 0.642. The van der Waals surface area contributed by atoms with Crippen molar-refractivity contribution in [2.75, 3.05) is 5.73 Å². The first-order valence-electron chi connectivity index (χ1n) is 4.09. The molecule has 3 nitrogen and oxygen atoms in total. The Hall–Kier alpha value is -1.06. The lowest BCUT2D eigenvalue weighted by Gasteiger charge is -2.23. The van der Waals surface area contributed by atoms with Crippen LogP contribution in [0.15, 0.2) is 6.07 Å². The summed E-state index contributed by atoms with van der Waals surface area (Å²) in [5.41, 5.74) is 7.82. The Labute approximate surface area is 87.7 Å². The van der Waals surface area contributed by atoms with Crippen molar-refractivity contribution in [1.82, 2.24) is 4.98 Å². The Bertz CT molecular complexity index is 326. The number of aromatic nitrogens is 1. The van der Waals surface area contributed by atoms with E-state index >= 15 is 0 Å². The van der Waals surface area contributed by atoms with E-state index in [-0.39, 0.29) is 5.88 Å². The lowest BCUT2D eigenvalue weighted by atomic mass is 9.52. The van der Waals surface area contributed by atoms with Crippen molar-refractivity contribution in [2.45, 2.75) is 19.1 Å². The molecule has 0 spiro atoms. The second kappa shape index (κ2) is 3.60. The smallest absolute Gasteiger partial charge is 0.212 e. The highest BCUT2D eigenvalue weighted by Crippen LogP contribution is 2.20. The van der Waals surface area contributed by atoms with E-state index in [0.29, 0.717) is 11.4 Å². The maximum absolute atomic E-state index is 5.70. The fraction of sp³-hybridized carbons (Fsp3) is 0.375. The molecule has 0 fully saturated rings. The average molecular weight is 182 g/mol. The molecule has 0 unspecified atom stereocenters. The molecule has 6 radical (unpaired) electrons. The van der Waals surface area contributed by atoms with Crippen LogP contribution in [0.2, 0.25) is 0 Å². The van der Waals surface area contributed by atoms with E-state index in [9.17, 15) is 0 Å². The van der Waals surface area contributed by atoms with Gasteiger partial charge >= 0.3 is 0 Å². The molecule has 1 aromatic heterocycles. The number of anilines is 1. The molecule has 6 heteroatoms. The maximum atomic E-state index is 5.70. The zero-order valence-electron chi connectivity index (χ0n) is 8.24. The highest BCUT2D eigenvalue weighted by Gasteiger charge is 2.12. The molecule has 0 bridgehead atoms. The van der Waals surface area contributed by atoms with E-state index in [1.54, 1.807) is 13.0 Å². The van der Waals surface area contributed by atoms with Gasteiger partial charge in [-0.05, 0) is 24.7 Å². The Kier molecular flexibility index (Phi) is 2.83. The monoisotopic (exact) mass is 182 g/mol. The molecule has 1 heterocycles. The van der Waals surface area contributed by atoms with Gasteiger partial charge in [0.25, 0.3) is 0 Å².